The molecule has 1 heterocycles. The second-order valence-electron chi connectivity index (χ2n) is 8.09. The van der Waals surface area contributed by atoms with Crippen LogP contribution in [0.4, 0.5) is 5.69 Å². The van der Waals surface area contributed by atoms with Crippen LogP contribution in [0.3, 0.4) is 0 Å². The average Bonchev–Trinajstić information content (AvgIpc) is 3.34. The van der Waals surface area contributed by atoms with Crippen molar-refractivity contribution in [3.8, 4) is 5.69 Å². The lowest BCUT2D eigenvalue weighted by molar-refractivity contribution is -0.118. The number of fused-ring (bicyclic) bond motifs is 1. The van der Waals surface area contributed by atoms with E-state index < -0.39 is 0 Å². The molecule has 37 heavy (non-hydrogen) atoms. The predicted molar refractivity (Wildman–Crippen MR) is 151 cm³/mol. The van der Waals surface area contributed by atoms with E-state index >= 15 is 0 Å². The van der Waals surface area contributed by atoms with Crippen molar-refractivity contribution in [3.05, 3.63) is 113 Å². The van der Waals surface area contributed by atoms with Gasteiger partial charge in [0, 0.05) is 21.8 Å². The van der Waals surface area contributed by atoms with Gasteiger partial charge in [-0.15, -0.1) is 10.2 Å². The van der Waals surface area contributed by atoms with E-state index in [1.807, 2.05) is 65.2 Å². The summed E-state index contributed by atoms with van der Waals surface area (Å²) < 4.78 is 1.96. The van der Waals surface area contributed by atoms with Crippen molar-refractivity contribution in [3.63, 3.8) is 0 Å². The first-order valence-corrected chi connectivity index (χ1v) is 13.0. The van der Waals surface area contributed by atoms with E-state index in [4.69, 9.17) is 11.6 Å². The number of hydrogen-bond donors (Lipinski definition) is 2. The molecule has 1 amide bonds. The Morgan fingerprint density at radius 2 is 1.73 bits per heavy atom. The first kappa shape index (κ1) is 24.5. The second kappa shape index (κ2) is 11.7. The number of aromatic nitrogens is 3. The van der Waals surface area contributed by atoms with Crippen molar-refractivity contribution in [2.45, 2.75) is 11.7 Å². The lowest BCUT2D eigenvalue weighted by atomic mass is 10.1. The molecule has 0 fully saturated rings. The molecular formula is C28H23ClN6OS. The van der Waals surface area contributed by atoms with Gasteiger partial charge in [0.05, 0.1) is 18.5 Å². The van der Waals surface area contributed by atoms with Crippen LogP contribution < -0.4 is 10.7 Å². The predicted octanol–water partition coefficient (Wildman–Crippen LogP) is 5.93. The molecule has 0 aliphatic rings. The van der Waals surface area contributed by atoms with Crippen LogP contribution >= 0.6 is 23.4 Å². The minimum Gasteiger partial charge on any atom is -0.377 e. The zero-order valence-electron chi connectivity index (χ0n) is 19.7. The minimum atomic E-state index is -0.249. The second-order valence-corrected chi connectivity index (χ2v) is 9.47. The summed E-state index contributed by atoms with van der Waals surface area (Å²) in [5, 5.41) is 19.9. The Hall–Kier alpha value is -4.14. The quantitative estimate of drug-likeness (QED) is 0.141. The standard InChI is InChI=1S/C28H23ClN6OS/c29-22-11-6-8-20(16-22)17-31-33-27(36)19-37-28-34-32-26(35(28)23-12-2-1-3-13-23)18-30-25-15-7-10-21-9-4-5-14-24(21)25/h1-17,30H,18-19H2,(H,33,36)/b31-17+. The Balaban J connectivity index is 1.29. The molecule has 5 aromatic rings. The number of thioether (sulfide) groups is 1. The third kappa shape index (κ3) is 6.17. The monoisotopic (exact) mass is 526 g/mol. The SMILES string of the molecule is O=C(CSc1nnc(CNc2cccc3ccccc23)n1-c1ccccc1)N/N=C/c1cccc(Cl)c1. The van der Waals surface area contributed by atoms with Crippen LogP contribution in [0.2, 0.25) is 5.02 Å². The van der Waals surface area contributed by atoms with E-state index in [1.165, 1.54) is 11.8 Å². The van der Waals surface area contributed by atoms with Gasteiger partial charge in [-0.3, -0.25) is 9.36 Å². The van der Waals surface area contributed by atoms with Crippen LogP contribution in [0, 0.1) is 0 Å². The molecule has 0 unspecified atom stereocenters. The normalized spacial score (nSPS) is 11.2. The van der Waals surface area contributed by atoms with E-state index in [2.05, 4.69) is 50.3 Å². The van der Waals surface area contributed by atoms with E-state index in [1.54, 1.807) is 18.3 Å². The molecule has 2 N–H and O–H groups in total. The molecule has 7 nitrogen and oxygen atoms in total. The molecule has 0 saturated carbocycles. The van der Waals surface area contributed by atoms with Gasteiger partial charge in [-0.05, 0) is 41.3 Å². The average molecular weight is 527 g/mol. The van der Waals surface area contributed by atoms with Gasteiger partial charge < -0.3 is 5.32 Å². The van der Waals surface area contributed by atoms with Crippen LogP contribution in [0.5, 0.6) is 0 Å². The van der Waals surface area contributed by atoms with Gasteiger partial charge in [-0.2, -0.15) is 5.10 Å². The maximum atomic E-state index is 12.4. The highest BCUT2D eigenvalue weighted by Gasteiger charge is 2.16. The Bertz CT molecular complexity index is 1550. The number of benzene rings is 4. The maximum Gasteiger partial charge on any atom is 0.250 e. The molecular weight excluding hydrogens is 504 g/mol. The molecule has 5 rings (SSSR count). The summed E-state index contributed by atoms with van der Waals surface area (Å²) in [6.07, 6.45) is 1.55. The Morgan fingerprint density at radius 1 is 0.946 bits per heavy atom. The lowest BCUT2D eigenvalue weighted by Crippen LogP contribution is -2.20. The molecule has 0 aliphatic carbocycles. The van der Waals surface area contributed by atoms with Crippen LogP contribution in [-0.2, 0) is 11.3 Å². The highest BCUT2D eigenvalue weighted by atomic mass is 35.5. The fourth-order valence-corrected chi connectivity index (χ4v) is 4.79. The Kier molecular flexibility index (Phi) is 7.78. The van der Waals surface area contributed by atoms with Crippen molar-refractivity contribution >= 4 is 51.9 Å². The fourth-order valence-electron chi connectivity index (χ4n) is 3.83. The summed E-state index contributed by atoms with van der Waals surface area (Å²) in [4.78, 5) is 12.4. The van der Waals surface area contributed by atoms with Crippen molar-refractivity contribution < 1.29 is 4.79 Å². The Morgan fingerprint density at radius 3 is 2.59 bits per heavy atom. The van der Waals surface area contributed by atoms with Crippen LogP contribution in [-0.4, -0.2) is 32.6 Å². The lowest BCUT2D eigenvalue weighted by Gasteiger charge is -2.12. The van der Waals surface area contributed by atoms with Gasteiger partial charge in [0.15, 0.2) is 11.0 Å². The number of amides is 1. The first-order valence-electron chi connectivity index (χ1n) is 11.6. The fraction of sp³-hybridized carbons (Fsp3) is 0.0714. The molecule has 4 aromatic carbocycles. The van der Waals surface area contributed by atoms with Crippen molar-refractivity contribution in [1.29, 1.82) is 0 Å². The van der Waals surface area contributed by atoms with Gasteiger partial charge >= 0.3 is 0 Å². The first-order chi connectivity index (χ1) is 18.2. The third-order valence-electron chi connectivity index (χ3n) is 5.53. The number of anilines is 1. The van der Waals surface area contributed by atoms with Gasteiger partial charge in [-0.1, -0.05) is 90.1 Å². The highest BCUT2D eigenvalue weighted by Crippen LogP contribution is 2.25. The number of nitrogens with zero attached hydrogens (tertiary/aromatic N) is 4. The molecule has 0 aliphatic heterocycles. The largest absolute Gasteiger partial charge is 0.377 e. The van der Waals surface area contributed by atoms with E-state index in [-0.39, 0.29) is 11.7 Å². The summed E-state index contributed by atoms with van der Waals surface area (Å²) in [7, 11) is 0. The topological polar surface area (TPSA) is 84.2 Å². The van der Waals surface area contributed by atoms with E-state index in [0.29, 0.717) is 16.7 Å². The number of carbonyl (C=O) groups excluding carboxylic acids is 1. The summed E-state index contributed by atoms with van der Waals surface area (Å²) in [6, 6.07) is 31.5. The van der Waals surface area contributed by atoms with Crippen LogP contribution in [0.25, 0.3) is 16.5 Å². The summed E-state index contributed by atoms with van der Waals surface area (Å²) in [6.45, 7) is 0.465. The summed E-state index contributed by atoms with van der Waals surface area (Å²) in [5.41, 5.74) is 5.29. The maximum absolute atomic E-state index is 12.4. The van der Waals surface area contributed by atoms with Gasteiger partial charge in [0.2, 0.25) is 0 Å². The Labute approximate surface area is 223 Å². The number of hydrazone groups is 1. The van der Waals surface area contributed by atoms with Crippen molar-refractivity contribution in [1.82, 2.24) is 20.2 Å². The van der Waals surface area contributed by atoms with Gasteiger partial charge in [0.25, 0.3) is 5.91 Å². The van der Waals surface area contributed by atoms with Crippen molar-refractivity contribution in [2.75, 3.05) is 11.1 Å². The number of nitrogens with one attached hydrogen (secondary N) is 2. The van der Waals surface area contributed by atoms with Crippen molar-refractivity contribution in [2.24, 2.45) is 5.10 Å². The number of rotatable bonds is 9. The van der Waals surface area contributed by atoms with E-state index in [0.717, 1.165) is 33.5 Å². The molecule has 0 bridgehead atoms. The van der Waals surface area contributed by atoms with Crippen LogP contribution in [0.1, 0.15) is 11.4 Å². The zero-order chi connectivity index (χ0) is 25.5. The zero-order valence-corrected chi connectivity index (χ0v) is 21.3. The minimum absolute atomic E-state index is 0.134. The number of halogens is 1. The van der Waals surface area contributed by atoms with E-state index in [9.17, 15) is 4.79 Å². The summed E-state index contributed by atoms with van der Waals surface area (Å²) >= 11 is 7.28. The molecule has 0 spiro atoms. The number of para-hydroxylation sites is 1. The molecule has 184 valence electrons. The molecule has 9 heteroatoms. The number of carbonyl (C=O) groups is 1. The number of hydrogen-bond acceptors (Lipinski definition) is 6. The highest BCUT2D eigenvalue weighted by molar-refractivity contribution is 7.99. The molecule has 0 saturated heterocycles. The molecule has 0 radical (unpaired) electrons. The summed E-state index contributed by atoms with van der Waals surface area (Å²) in [5.74, 6) is 0.622. The molecule has 1 aromatic heterocycles. The van der Waals surface area contributed by atoms with Gasteiger partial charge in [0.1, 0.15) is 0 Å². The van der Waals surface area contributed by atoms with Crippen LogP contribution in [0.15, 0.2) is 107 Å². The third-order valence-corrected chi connectivity index (χ3v) is 6.69. The van der Waals surface area contributed by atoms with Gasteiger partial charge in [-0.25, -0.2) is 5.43 Å². The smallest absolute Gasteiger partial charge is 0.250 e. The molecule has 0 atom stereocenters.